The third-order valence-electron chi connectivity index (χ3n) is 3.12. The van der Waals surface area contributed by atoms with E-state index in [0.717, 1.165) is 0 Å². The monoisotopic (exact) mass is 317 g/mol. The summed E-state index contributed by atoms with van der Waals surface area (Å²) in [7, 11) is 0. The Morgan fingerprint density at radius 1 is 1.18 bits per heavy atom. The molecule has 3 aromatic rings. The van der Waals surface area contributed by atoms with Crippen molar-refractivity contribution in [2.45, 2.75) is 0 Å². The minimum absolute atomic E-state index is 0.167. The van der Waals surface area contributed by atoms with Crippen molar-refractivity contribution in [2.24, 2.45) is 0 Å². The quantitative estimate of drug-likeness (QED) is 0.562. The third-order valence-corrected chi connectivity index (χ3v) is 3.36. The number of pyridine rings is 1. The van der Waals surface area contributed by atoms with Crippen LogP contribution in [0.3, 0.4) is 0 Å². The van der Waals surface area contributed by atoms with E-state index in [0.29, 0.717) is 27.3 Å². The number of aromatic nitrogens is 1. The molecule has 0 aliphatic rings. The molecule has 1 aromatic heterocycles. The summed E-state index contributed by atoms with van der Waals surface area (Å²) in [6, 6.07) is 10.5. The van der Waals surface area contributed by atoms with Gasteiger partial charge in [-0.15, -0.1) is 0 Å². The topological polar surface area (TPSA) is 68.1 Å². The zero-order valence-electron chi connectivity index (χ0n) is 11.1. The van der Waals surface area contributed by atoms with Gasteiger partial charge in [-0.3, -0.25) is 10.1 Å². The van der Waals surface area contributed by atoms with Crippen molar-refractivity contribution in [3.05, 3.63) is 69.6 Å². The van der Waals surface area contributed by atoms with E-state index in [1.807, 2.05) is 0 Å². The SMILES string of the molecule is O=[N+]([O-])c1cnc2cc(Cl)ccc2c1Nc1ccc(F)cc1. The van der Waals surface area contributed by atoms with Crippen molar-refractivity contribution in [2.75, 3.05) is 5.32 Å². The molecule has 0 unspecified atom stereocenters. The number of nitrogens with zero attached hydrogens (tertiary/aromatic N) is 2. The summed E-state index contributed by atoms with van der Waals surface area (Å²) in [5.74, 6) is -0.383. The first-order chi connectivity index (χ1) is 10.5. The molecule has 0 aliphatic carbocycles. The number of anilines is 2. The second kappa shape index (κ2) is 5.57. The molecule has 1 heterocycles. The molecule has 0 fully saturated rings. The molecule has 1 N–H and O–H groups in total. The fourth-order valence-electron chi connectivity index (χ4n) is 2.10. The molecule has 5 nitrogen and oxygen atoms in total. The lowest BCUT2D eigenvalue weighted by Crippen LogP contribution is -1.99. The van der Waals surface area contributed by atoms with E-state index in [2.05, 4.69) is 10.3 Å². The highest BCUT2D eigenvalue weighted by Gasteiger charge is 2.18. The van der Waals surface area contributed by atoms with Gasteiger partial charge in [-0.05, 0) is 42.5 Å². The van der Waals surface area contributed by atoms with Crippen LogP contribution < -0.4 is 5.32 Å². The van der Waals surface area contributed by atoms with E-state index in [-0.39, 0.29) is 11.5 Å². The van der Waals surface area contributed by atoms with Crippen LogP contribution in [-0.4, -0.2) is 9.91 Å². The molecule has 2 aromatic carbocycles. The Labute approximate surface area is 129 Å². The summed E-state index contributed by atoms with van der Waals surface area (Å²) >= 11 is 5.92. The van der Waals surface area contributed by atoms with Crippen LogP contribution in [0, 0.1) is 15.9 Å². The van der Waals surface area contributed by atoms with Gasteiger partial charge in [0.1, 0.15) is 17.7 Å². The normalized spacial score (nSPS) is 10.6. The Kier molecular flexibility index (Phi) is 3.60. The van der Waals surface area contributed by atoms with E-state index in [4.69, 9.17) is 11.6 Å². The average molecular weight is 318 g/mol. The van der Waals surface area contributed by atoms with Crippen molar-refractivity contribution in [1.82, 2.24) is 4.98 Å². The maximum Gasteiger partial charge on any atom is 0.311 e. The summed E-state index contributed by atoms with van der Waals surface area (Å²) in [6.45, 7) is 0. The van der Waals surface area contributed by atoms with Crippen molar-refractivity contribution in [3.8, 4) is 0 Å². The molecule has 22 heavy (non-hydrogen) atoms. The molecule has 0 bridgehead atoms. The Morgan fingerprint density at radius 2 is 1.91 bits per heavy atom. The molecule has 0 radical (unpaired) electrons. The molecule has 110 valence electrons. The number of halogens is 2. The van der Waals surface area contributed by atoms with Crippen LogP contribution in [0.1, 0.15) is 0 Å². The highest BCUT2D eigenvalue weighted by molar-refractivity contribution is 6.31. The summed E-state index contributed by atoms with van der Waals surface area (Å²) in [5, 5.41) is 15.2. The molecule has 0 saturated carbocycles. The summed E-state index contributed by atoms with van der Waals surface area (Å²) in [4.78, 5) is 14.7. The maximum absolute atomic E-state index is 13.0. The van der Waals surface area contributed by atoms with Crippen molar-refractivity contribution in [1.29, 1.82) is 0 Å². The lowest BCUT2D eigenvalue weighted by atomic mass is 10.1. The van der Waals surface area contributed by atoms with Gasteiger partial charge in [0.2, 0.25) is 0 Å². The molecule has 3 rings (SSSR count). The maximum atomic E-state index is 13.0. The van der Waals surface area contributed by atoms with Gasteiger partial charge in [0.05, 0.1) is 10.4 Å². The predicted octanol–water partition coefficient (Wildman–Crippen LogP) is 4.68. The first-order valence-electron chi connectivity index (χ1n) is 6.30. The lowest BCUT2D eigenvalue weighted by molar-refractivity contribution is -0.384. The van der Waals surface area contributed by atoms with E-state index in [1.54, 1.807) is 18.2 Å². The minimum atomic E-state index is -0.521. The smallest absolute Gasteiger partial charge is 0.311 e. The summed E-state index contributed by atoms with van der Waals surface area (Å²) < 4.78 is 13.0. The molecule has 7 heteroatoms. The number of nitro groups is 1. The molecule has 0 atom stereocenters. The fraction of sp³-hybridized carbons (Fsp3) is 0. The van der Waals surface area contributed by atoms with Crippen molar-refractivity contribution < 1.29 is 9.31 Å². The molecular weight excluding hydrogens is 309 g/mol. The Morgan fingerprint density at radius 3 is 2.59 bits per heavy atom. The number of rotatable bonds is 3. The number of benzene rings is 2. The molecule has 0 saturated heterocycles. The zero-order chi connectivity index (χ0) is 15.7. The van der Waals surface area contributed by atoms with Gasteiger partial charge in [0.15, 0.2) is 0 Å². The second-order valence-corrected chi connectivity index (χ2v) is 5.01. The van der Waals surface area contributed by atoms with E-state index in [9.17, 15) is 14.5 Å². The Hall–Kier alpha value is -2.73. The summed E-state index contributed by atoms with van der Waals surface area (Å²) in [5.41, 5.74) is 1.19. The van der Waals surface area contributed by atoms with E-state index >= 15 is 0 Å². The van der Waals surface area contributed by atoms with Gasteiger partial charge < -0.3 is 5.32 Å². The minimum Gasteiger partial charge on any atom is -0.349 e. The molecular formula is C15H9ClFN3O2. The van der Waals surface area contributed by atoms with Gasteiger partial charge >= 0.3 is 5.69 Å². The Balaban J connectivity index is 2.17. The highest BCUT2D eigenvalue weighted by Crippen LogP contribution is 2.34. The van der Waals surface area contributed by atoms with Crippen LogP contribution in [-0.2, 0) is 0 Å². The predicted molar refractivity (Wildman–Crippen MR) is 83.1 cm³/mol. The van der Waals surface area contributed by atoms with Crippen LogP contribution in [0.5, 0.6) is 0 Å². The van der Waals surface area contributed by atoms with E-state index in [1.165, 1.54) is 30.5 Å². The van der Waals surface area contributed by atoms with E-state index < -0.39 is 4.92 Å². The third kappa shape index (κ3) is 2.68. The second-order valence-electron chi connectivity index (χ2n) is 4.57. The first-order valence-corrected chi connectivity index (χ1v) is 6.67. The van der Waals surface area contributed by atoms with Gasteiger partial charge in [-0.1, -0.05) is 11.6 Å². The number of nitrogens with one attached hydrogen (secondary N) is 1. The Bertz CT molecular complexity index is 869. The highest BCUT2D eigenvalue weighted by atomic mass is 35.5. The number of hydrogen-bond acceptors (Lipinski definition) is 4. The van der Waals surface area contributed by atoms with Crippen LogP contribution in [0.2, 0.25) is 5.02 Å². The van der Waals surface area contributed by atoms with Crippen molar-refractivity contribution >= 4 is 39.6 Å². The summed E-state index contributed by atoms with van der Waals surface area (Å²) in [6.07, 6.45) is 1.17. The number of fused-ring (bicyclic) bond motifs is 1. The molecule has 0 spiro atoms. The first kappa shape index (κ1) is 14.2. The van der Waals surface area contributed by atoms with Crippen LogP contribution in [0.15, 0.2) is 48.7 Å². The van der Waals surface area contributed by atoms with Crippen LogP contribution >= 0.6 is 11.6 Å². The van der Waals surface area contributed by atoms with Crippen LogP contribution in [0.4, 0.5) is 21.5 Å². The van der Waals surface area contributed by atoms with Gasteiger partial charge in [0.25, 0.3) is 0 Å². The zero-order valence-corrected chi connectivity index (χ0v) is 11.8. The largest absolute Gasteiger partial charge is 0.349 e. The molecule has 0 amide bonds. The average Bonchev–Trinajstić information content (AvgIpc) is 2.49. The standard InChI is InChI=1S/C15H9ClFN3O2/c16-9-1-6-12-13(7-9)18-8-14(20(21)22)15(12)19-11-4-2-10(17)3-5-11/h1-8H,(H,18,19). The van der Waals surface area contributed by atoms with Gasteiger partial charge in [-0.25, -0.2) is 9.37 Å². The molecule has 0 aliphatic heterocycles. The van der Waals surface area contributed by atoms with Crippen LogP contribution in [0.25, 0.3) is 10.9 Å². The fourth-order valence-corrected chi connectivity index (χ4v) is 2.27. The number of hydrogen-bond donors (Lipinski definition) is 1. The van der Waals surface area contributed by atoms with Gasteiger partial charge in [-0.2, -0.15) is 0 Å². The van der Waals surface area contributed by atoms with Crippen molar-refractivity contribution in [3.63, 3.8) is 0 Å². The lowest BCUT2D eigenvalue weighted by Gasteiger charge is -2.10. The van der Waals surface area contributed by atoms with Gasteiger partial charge in [0, 0.05) is 16.1 Å².